The fourth-order valence-corrected chi connectivity index (χ4v) is 16.1. The number of ether oxygens (including phenoxy) is 6. The van der Waals surface area contributed by atoms with Crippen molar-refractivity contribution in [1.82, 2.24) is 5.32 Å². The Morgan fingerprint density at radius 3 is 0.923 bits per heavy atom. The second kappa shape index (κ2) is 76.6. The molecule has 1 amide bonds. The zero-order valence-corrected chi connectivity index (χ0v) is 73.9. The standard InChI is InChI=1S/C98H177NO18/c1-3-5-7-9-11-13-15-17-19-21-23-25-27-29-31-33-35-37-38-39-40-41-42-44-46-48-50-52-54-56-58-60-62-64-66-68-70-72-74-76-86(104)99-81(82(103)75-73-71-69-67-65-63-61-59-57-55-53-51-49-47-45-43-36-34-32-30-28-26-24-22-20-18-16-14-12-10-8-6-4-2)80-112-96-92(110)89(107)94(84(78-101)114-96)117-98-93(111)90(108)95(85(79-102)115-98)116-97-91(109)88(106)87(105)83(77-100)113-97/h5,7,11,13,17,19,23,25,29,31,35,37,39-40,81-85,87-98,100-103,105-111H,3-4,6,8-10,12,14-16,18,20-22,24,26-28,30,32-34,36,38,41-80H2,1-2H3,(H,99,104)/b7-5-,13-11-,19-17-,25-23-,31-29-,37-35-,40-39-. The summed E-state index contributed by atoms with van der Waals surface area (Å²) >= 11 is 0. The minimum atomic E-state index is -1.98. The maximum absolute atomic E-state index is 13.6. The Labute approximate surface area is 711 Å². The van der Waals surface area contributed by atoms with Crippen LogP contribution in [0.1, 0.15) is 399 Å². The molecule has 17 unspecified atom stereocenters. The average Bonchev–Trinajstić information content (AvgIpc) is 0.777. The summed E-state index contributed by atoms with van der Waals surface area (Å²) in [6.07, 6.45) is 78.5. The topological polar surface area (TPSA) is 307 Å². The summed E-state index contributed by atoms with van der Waals surface area (Å²) in [5.74, 6) is -0.238. The summed E-state index contributed by atoms with van der Waals surface area (Å²) in [5.41, 5.74) is 0. The minimum Gasteiger partial charge on any atom is -0.394 e. The molecular weight excluding hydrogens is 1480 g/mol. The molecule has 19 nitrogen and oxygen atoms in total. The van der Waals surface area contributed by atoms with E-state index in [2.05, 4.69) is 104 Å². The molecule has 0 saturated carbocycles. The molecule has 3 fully saturated rings. The van der Waals surface area contributed by atoms with E-state index in [1.165, 1.54) is 276 Å². The molecule has 0 radical (unpaired) electrons. The van der Waals surface area contributed by atoms with Crippen LogP contribution < -0.4 is 5.32 Å². The number of amides is 1. The smallest absolute Gasteiger partial charge is 0.220 e. The molecular formula is C98H177NO18. The van der Waals surface area contributed by atoms with Gasteiger partial charge in [0, 0.05) is 6.42 Å². The molecule has 0 aromatic rings. The normalized spacial score (nSPS) is 24.7. The van der Waals surface area contributed by atoms with Crippen LogP contribution in [0.25, 0.3) is 0 Å². The van der Waals surface area contributed by atoms with E-state index in [0.29, 0.717) is 12.8 Å². The fourth-order valence-electron chi connectivity index (χ4n) is 16.1. The van der Waals surface area contributed by atoms with Gasteiger partial charge in [0.25, 0.3) is 0 Å². The van der Waals surface area contributed by atoms with E-state index in [1.807, 2.05) is 0 Å². The predicted molar refractivity (Wildman–Crippen MR) is 475 cm³/mol. The first-order valence-electron chi connectivity index (χ1n) is 48.3. The van der Waals surface area contributed by atoms with Crippen molar-refractivity contribution in [1.29, 1.82) is 0 Å². The number of hydrogen-bond acceptors (Lipinski definition) is 18. The Hall–Kier alpha value is -3.03. The summed E-state index contributed by atoms with van der Waals surface area (Å²) in [6.45, 7) is 1.75. The van der Waals surface area contributed by atoms with Gasteiger partial charge in [-0.15, -0.1) is 0 Å². The Morgan fingerprint density at radius 2 is 0.590 bits per heavy atom. The molecule has 3 aliphatic rings. The predicted octanol–water partition coefficient (Wildman–Crippen LogP) is 19.6. The summed E-state index contributed by atoms with van der Waals surface area (Å²) in [5, 5.41) is 122. The fraction of sp³-hybridized carbons (Fsp3) is 0.847. The lowest BCUT2D eigenvalue weighted by Crippen LogP contribution is -2.66. The molecule has 0 bridgehead atoms. The van der Waals surface area contributed by atoms with E-state index in [1.54, 1.807) is 0 Å². The van der Waals surface area contributed by atoms with Crippen molar-refractivity contribution in [3.63, 3.8) is 0 Å². The average molecular weight is 1660 g/mol. The Morgan fingerprint density at radius 1 is 0.316 bits per heavy atom. The van der Waals surface area contributed by atoms with E-state index in [-0.39, 0.29) is 18.9 Å². The van der Waals surface area contributed by atoms with Gasteiger partial charge in [-0.05, 0) is 70.6 Å². The number of carbonyl (C=O) groups excluding carboxylic acids is 1. The summed E-state index contributed by atoms with van der Waals surface area (Å²) in [4.78, 5) is 13.6. The largest absolute Gasteiger partial charge is 0.394 e. The number of carbonyl (C=O) groups is 1. The summed E-state index contributed by atoms with van der Waals surface area (Å²) < 4.78 is 34.6. The van der Waals surface area contributed by atoms with Crippen LogP contribution in [0, 0.1) is 0 Å². The van der Waals surface area contributed by atoms with Crippen molar-refractivity contribution < 1.29 is 89.4 Å². The quantitative estimate of drug-likeness (QED) is 0.0199. The second-order valence-corrected chi connectivity index (χ2v) is 34.2. The Balaban J connectivity index is 1.29. The third kappa shape index (κ3) is 54.4. The number of nitrogens with one attached hydrogen (secondary N) is 1. The van der Waals surface area contributed by atoms with Gasteiger partial charge < -0.3 is 89.9 Å². The number of hydrogen-bond donors (Lipinski definition) is 12. The number of aliphatic hydroxyl groups is 11. The van der Waals surface area contributed by atoms with Crippen molar-refractivity contribution in [2.75, 3.05) is 26.4 Å². The van der Waals surface area contributed by atoms with Crippen LogP contribution >= 0.6 is 0 Å². The zero-order valence-electron chi connectivity index (χ0n) is 73.9. The van der Waals surface area contributed by atoms with Crippen LogP contribution in [0.4, 0.5) is 0 Å². The molecule has 3 saturated heterocycles. The van der Waals surface area contributed by atoms with Crippen molar-refractivity contribution in [3.05, 3.63) is 85.1 Å². The van der Waals surface area contributed by atoms with E-state index in [0.717, 1.165) is 89.9 Å². The van der Waals surface area contributed by atoms with Crippen LogP contribution in [-0.4, -0.2) is 193 Å². The SMILES string of the molecule is CC/C=C\C/C=C\C/C=C\C/C=C\C/C=C\C/C=C\C/C=C\CCCCCCCCCCCCCCCCCCCC(=O)NC(COC1OC(CO)C(OC2OC(CO)C(OC3OC(CO)C(O)C(O)C3O)C(O)C2O)C(O)C1O)C(O)CCCCCCCCCCCCCCCCCCCCCCCCCCCCCCCCCCC. The molecule has 0 aromatic carbocycles. The van der Waals surface area contributed by atoms with Gasteiger partial charge in [0.2, 0.25) is 5.91 Å². The Bertz CT molecular complexity index is 2440. The Kier molecular flexibility index (Phi) is 70.8. The van der Waals surface area contributed by atoms with Gasteiger partial charge in [0.15, 0.2) is 18.9 Å². The van der Waals surface area contributed by atoms with Crippen molar-refractivity contribution in [2.24, 2.45) is 0 Å². The summed E-state index contributed by atoms with van der Waals surface area (Å²) in [6, 6.07) is -0.893. The molecule has 17 atom stereocenters. The number of allylic oxidation sites excluding steroid dienone is 14. The number of aliphatic hydroxyl groups excluding tert-OH is 11. The van der Waals surface area contributed by atoms with Gasteiger partial charge in [-0.2, -0.15) is 0 Å². The lowest BCUT2D eigenvalue weighted by atomic mass is 9.96. The molecule has 3 aliphatic heterocycles. The molecule has 3 heterocycles. The molecule has 0 spiro atoms. The minimum absolute atomic E-state index is 0.238. The highest BCUT2D eigenvalue weighted by Crippen LogP contribution is 2.34. The van der Waals surface area contributed by atoms with E-state index in [9.17, 15) is 61.0 Å². The van der Waals surface area contributed by atoms with Gasteiger partial charge >= 0.3 is 0 Å². The third-order valence-electron chi connectivity index (χ3n) is 23.7. The number of unbranched alkanes of at least 4 members (excludes halogenated alkanes) is 49. The molecule has 12 N–H and O–H groups in total. The van der Waals surface area contributed by atoms with Gasteiger partial charge in [0.1, 0.15) is 73.2 Å². The number of rotatable bonds is 79. The van der Waals surface area contributed by atoms with Crippen molar-refractivity contribution >= 4 is 5.91 Å². The maximum atomic E-state index is 13.6. The zero-order chi connectivity index (χ0) is 84.5. The van der Waals surface area contributed by atoms with Crippen LogP contribution in [0.5, 0.6) is 0 Å². The summed E-state index contributed by atoms with van der Waals surface area (Å²) in [7, 11) is 0. The monoisotopic (exact) mass is 1660 g/mol. The highest BCUT2D eigenvalue weighted by molar-refractivity contribution is 5.76. The molecule has 682 valence electrons. The van der Waals surface area contributed by atoms with Gasteiger partial charge in [0.05, 0.1) is 38.6 Å². The van der Waals surface area contributed by atoms with E-state index < -0.39 is 124 Å². The van der Waals surface area contributed by atoms with Crippen LogP contribution in [0.15, 0.2) is 85.1 Å². The van der Waals surface area contributed by atoms with E-state index in [4.69, 9.17) is 28.4 Å². The third-order valence-corrected chi connectivity index (χ3v) is 23.7. The molecule has 0 aliphatic carbocycles. The van der Waals surface area contributed by atoms with Crippen LogP contribution in [0.3, 0.4) is 0 Å². The van der Waals surface area contributed by atoms with Crippen molar-refractivity contribution in [3.8, 4) is 0 Å². The van der Waals surface area contributed by atoms with E-state index >= 15 is 0 Å². The second-order valence-electron chi connectivity index (χ2n) is 34.2. The van der Waals surface area contributed by atoms with Crippen LogP contribution in [-0.2, 0) is 33.2 Å². The van der Waals surface area contributed by atoms with Crippen molar-refractivity contribution in [2.45, 2.75) is 503 Å². The molecule has 3 rings (SSSR count). The lowest BCUT2D eigenvalue weighted by Gasteiger charge is -2.48. The molecule has 19 heteroatoms. The molecule has 117 heavy (non-hydrogen) atoms. The maximum Gasteiger partial charge on any atom is 0.220 e. The first kappa shape index (κ1) is 108. The first-order valence-corrected chi connectivity index (χ1v) is 48.3. The lowest BCUT2D eigenvalue weighted by molar-refractivity contribution is -0.379. The first-order chi connectivity index (χ1) is 57.3. The van der Waals surface area contributed by atoms with Gasteiger partial charge in [-0.3, -0.25) is 4.79 Å². The van der Waals surface area contributed by atoms with Crippen LogP contribution in [0.2, 0.25) is 0 Å². The highest BCUT2D eigenvalue weighted by atomic mass is 16.8. The van der Waals surface area contributed by atoms with Gasteiger partial charge in [-0.1, -0.05) is 407 Å². The molecule has 0 aromatic heterocycles. The highest BCUT2D eigenvalue weighted by Gasteiger charge is 2.54. The van der Waals surface area contributed by atoms with Gasteiger partial charge in [-0.25, -0.2) is 0 Å².